The highest BCUT2D eigenvalue weighted by Crippen LogP contribution is 2.61. The molecule has 6 aliphatic rings. The molecule has 43 heavy (non-hydrogen) atoms. The first-order chi connectivity index (χ1) is 20.7. The molecule has 1 N–H and O–H groups in total. The van der Waals surface area contributed by atoms with Gasteiger partial charge < -0.3 is 14.1 Å². The number of hydrogen-bond acceptors (Lipinski definition) is 7. The van der Waals surface area contributed by atoms with Crippen molar-refractivity contribution in [2.24, 2.45) is 29.1 Å². The SMILES string of the molecule is CC(CCC12CC3CC(CC(C3)C1)C2)C(=O)OCc1ccc(CSc2cccc3c2CN(C2CCC(=O)NC2=O)C3=O)o1. The minimum atomic E-state index is -0.634. The number of fused-ring (bicyclic) bond motifs is 1. The van der Waals surface area contributed by atoms with E-state index in [1.807, 2.05) is 31.2 Å². The van der Waals surface area contributed by atoms with Crippen molar-refractivity contribution in [1.82, 2.24) is 10.2 Å². The Morgan fingerprint density at radius 1 is 1.07 bits per heavy atom. The van der Waals surface area contributed by atoms with E-state index in [0.29, 0.717) is 35.5 Å². The highest BCUT2D eigenvalue weighted by molar-refractivity contribution is 7.98. The molecule has 1 aromatic carbocycles. The summed E-state index contributed by atoms with van der Waals surface area (Å²) in [5, 5.41) is 2.35. The molecule has 4 bridgehead atoms. The lowest BCUT2D eigenvalue weighted by molar-refractivity contribution is -0.150. The van der Waals surface area contributed by atoms with Crippen LogP contribution in [0.15, 0.2) is 39.6 Å². The molecule has 4 aliphatic carbocycles. The Labute approximate surface area is 256 Å². The summed E-state index contributed by atoms with van der Waals surface area (Å²) in [5.41, 5.74) is 1.97. The van der Waals surface area contributed by atoms with Crippen LogP contribution >= 0.6 is 11.8 Å². The van der Waals surface area contributed by atoms with Crippen molar-refractivity contribution in [3.8, 4) is 0 Å². The van der Waals surface area contributed by atoms with Crippen LogP contribution in [0.25, 0.3) is 0 Å². The molecular formula is C34H40N2O6S. The summed E-state index contributed by atoms with van der Waals surface area (Å²) in [5.74, 6) is 3.57. The molecule has 228 valence electrons. The van der Waals surface area contributed by atoms with E-state index in [1.54, 1.807) is 22.7 Å². The molecule has 1 aromatic heterocycles. The van der Waals surface area contributed by atoms with Crippen molar-refractivity contribution >= 4 is 35.5 Å². The van der Waals surface area contributed by atoms with E-state index >= 15 is 0 Å². The summed E-state index contributed by atoms with van der Waals surface area (Å²) < 4.78 is 11.6. The zero-order valence-electron chi connectivity index (χ0n) is 24.8. The summed E-state index contributed by atoms with van der Waals surface area (Å²) in [6, 6.07) is 8.73. The van der Waals surface area contributed by atoms with Crippen LogP contribution in [0.2, 0.25) is 0 Å². The second-order valence-corrected chi connectivity index (χ2v) is 14.8. The standard InChI is InChI=1S/C34H40N2O6S/c1-20(9-10-34-14-21-11-22(15-34)13-23(12-21)16-34)33(40)41-18-24-5-6-25(42-24)19-43-29-4-2-3-26-27(29)17-36(32(26)39)28-7-8-30(37)35-31(28)38/h2-6,20-23,28H,7-19H2,1H3,(H,35,37,38). The van der Waals surface area contributed by atoms with Crippen LogP contribution in [0.4, 0.5) is 0 Å². The van der Waals surface area contributed by atoms with Gasteiger partial charge in [-0.1, -0.05) is 13.0 Å². The van der Waals surface area contributed by atoms with E-state index in [2.05, 4.69) is 5.32 Å². The maximum Gasteiger partial charge on any atom is 0.309 e. The number of piperidine rings is 1. The van der Waals surface area contributed by atoms with Gasteiger partial charge in [0.2, 0.25) is 11.8 Å². The predicted molar refractivity (Wildman–Crippen MR) is 160 cm³/mol. The average Bonchev–Trinajstić information content (AvgIpc) is 3.57. The van der Waals surface area contributed by atoms with Crippen LogP contribution in [0.1, 0.15) is 98.6 Å². The molecule has 4 saturated carbocycles. The molecule has 0 spiro atoms. The number of furan rings is 1. The van der Waals surface area contributed by atoms with Gasteiger partial charge in [0, 0.05) is 23.4 Å². The van der Waals surface area contributed by atoms with Crippen molar-refractivity contribution in [3.63, 3.8) is 0 Å². The van der Waals surface area contributed by atoms with Gasteiger partial charge >= 0.3 is 5.97 Å². The highest BCUT2D eigenvalue weighted by atomic mass is 32.2. The van der Waals surface area contributed by atoms with Gasteiger partial charge in [-0.15, -0.1) is 11.8 Å². The molecule has 1 saturated heterocycles. The first-order valence-corrected chi connectivity index (χ1v) is 16.9. The van der Waals surface area contributed by atoms with Gasteiger partial charge in [0.05, 0.1) is 11.7 Å². The van der Waals surface area contributed by atoms with Crippen molar-refractivity contribution in [3.05, 3.63) is 53.0 Å². The largest absolute Gasteiger partial charge is 0.462 e. The maximum absolute atomic E-state index is 13.1. The van der Waals surface area contributed by atoms with Crippen LogP contribution in [0.3, 0.4) is 0 Å². The van der Waals surface area contributed by atoms with Gasteiger partial charge in [0.1, 0.15) is 24.2 Å². The monoisotopic (exact) mass is 604 g/mol. The number of carbonyl (C=O) groups excluding carboxylic acids is 4. The van der Waals surface area contributed by atoms with E-state index in [1.165, 1.54) is 38.5 Å². The fourth-order valence-corrected chi connectivity index (χ4v) is 9.92. The summed E-state index contributed by atoms with van der Waals surface area (Å²) >= 11 is 1.57. The number of thioether (sulfide) groups is 1. The normalized spacial score (nSPS) is 30.0. The van der Waals surface area contributed by atoms with E-state index in [9.17, 15) is 19.2 Å². The lowest BCUT2D eigenvalue weighted by atomic mass is 9.48. The van der Waals surface area contributed by atoms with E-state index in [4.69, 9.17) is 9.15 Å². The van der Waals surface area contributed by atoms with E-state index in [-0.39, 0.29) is 36.7 Å². The number of benzene rings is 1. The Bertz CT molecular complexity index is 1410. The third-order valence-corrected chi connectivity index (χ3v) is 11.8. The molecule has 2 aliphatic heterocycles. The smallest absolute Gasteiger partial charge is 0.309 e. The van der Waals surface area contributed by atoms with Gasteiger partial charge in [-0.25, -0.2) is 0 Å². The molecule has 0 radical (unpaired) electrons. The third-order valence-electron chi connectivity index (χ3n) is 10.7. The highest BCUT2D eigenvalue weighted by Gasteiger charge is 2.50. The Hall–Kier alpha value is -3.07. The van der Waals surface area contributed by atoms with Gasteiger partial charge in [0.15, 0.2) is 0 Å². The molecule has 3 heterocycles. The lowest BCUT2D eigenvalue weighted by Crippen LogP contribution is -2.52. The van der Waals surface area contributed by atoms with Crippen molar-refractivity contribution < 1.29 is 28.3 Å². The minimum absolute atomic E-state index is 0.111. The molecule has 2 aromatic rings. The Morgan fingerprint density at radius 3 is 2.51 bits per heavy atom. The van der Waals surface area contributed by atoms with Gasteiger partial charge in [0.25, 0.3) is 5.91 Å². The topological polar surface area (TPSA) is 106 Å². The number of esters is 1. The second-order valence-electron chi connectivity index (χ2n) is 13.8. The summed E-state index contributed by atoms with van der Waals surface area (Å²) in [6.45, 7) is 2.46. The molecular weight excluding hydrogens is 564 g/mol. The van der Waals surface area contributed by atoms with Crippen LogP contribution in [-0.2, 0) is 38.0 Å². The number of rotatable bonds is 10. The number of carbonyl (C=O) groups is 4. The number of imide groups is 1. The third kappa shape index (κ3) is 5.77. The first kappa shape index (κ1) is 28.7. The summed E-state index contributed by atoms with van der Waals surface area (Å²) in [6.07, 6.45) is 11.0. The summed E-state index contributed by atoms with van der Waals surface area (Å²) in [4.78, 5) is 52.4. The molecule has 2 unspecified atom stereocenters. The molecule has 9 heteroatoms. The quantitative estimate of drug-likeness (QED) is 0.201. The second kappa shape index (κ2) is 11.5. The molecule has 8 nitrogen and oxygen atoms in total. The Morgan fingerprint density at radius 2 is 1.79 bits per heavy atom. The van der Waals surface area contributed by atoms with Crippen molar-refractivity contribution in [2.45, 2.75) is 101 Å². The van der Waals surface area contributed by atoms with Gasteiger partial charge in [-0.2, -0.15) is 0 Å². The predicted octanol–water partition coefficient (Wildman–Crippen LogP) is 6.01. The number of amides is 3. The Balaban J connectivity index is 0.895. The zero-order chi connectivity index (χ0) is 29.7. The van der Waals surface area contributed by atoms with Crippen LogP contribution in [0, 0.1) is 29.1 Å². The summed E-state index contributed by atoms with van der Waals surface area (Å²) in [7, 11) is 0. The van der Waals surface area contributed by atoms with Crippen LogP contribution in [0.5, 0.6) is 0 Å². The number of ether oxygens (including phenoxy) is 1. The first-order valence-electron chi connectivity index (χ1n) is 15.9. The van der Waals surface area contributed by atoms with Crippen LogP contribution < -0.4 is 5.32 Å². The van der Waals surface area contributed by atoms with Crippen LogP contribution in [-0.4, -0.2) is 34.6 Å². The maximum atomic E-state index is 13.1. The average molecular weight is 605 g/mol. The fourth-order valence-electron chi connectivity index (χ4n) is 8.94. The molecule has 8 rings (SSSR count). The van der Waals surface area contributed by atoms with Crippen molar-refractivity contribution in [1.29, 1.82) is 0 Å². The fraction of sp³-hybridized carbons (Fsp3) is 0.588. The number of hydrogen-bond donors (Lipinski definition) is 1. The van der Waals surface area contributed by atoms with Gasteiger partial charge in [-0.05, 0) is 111 Å². The zero-order valence-corrected chi connectivity index (χ0v) is 25.6. The molecule has 3 amide bonds. The lowest BCUT2D eigenvalue weighted by Gasteiger charge is -2.57. The Kier molecular flexibility index (Phi) is 7.64. The number of nitrogens with zero attached hydrogens (tertiary/aromatic N) is 1. The molecule has 5 fully saturated rings. The van der Waals surface area contributed by atoms with E-state index < -0.39 is 11.9 Å². The minimum Gasteiger partial charge on any atom is -0.462 e. The van der Waals surface area contributed by atoms with Gasteiger partial charge in [-0.3, -0.25) is 24.5 Å². The number of nitrogens with one attached hydrogen (secondary N) is 1. The molecule has 2 atom stereocenters. The van der Waals surface area contributed by atoms with Crippen molar-refractivity contribution in [2.75, 3.05) is 0 Å². The van der Waals surface area contributed by atoms with E-state index in [0.717, 1.165) is 46.8 Å².